The van der Waals surface area contributed by atoms with Gasteiger partial charge in [0.05, 0.1) is 5.56 Å². The van der Waals surface area contributed by atoms with Crippen molar-refractivity contribution in [1.29, 1.82) is 0 Å². The molecular formula is C14H14N2O3. The molecule has 0 aliphatic carbocycles. The third kappa shape index (κ3) is 2.02. The highest BCUT2D eigenvalue weighted by Crippen LogP contribution is 2.29. The fourth-order valence-electron chi connectivity index (χ4n) is 2.48. The van der Waals surface area contributed by atoms with Gasteiger partial charge in [-0.25, -0.2) is 9.78 Å². The van der Waals surface area contributed by atoms with Crippen LogP contribution in [-0.2, 0) is 6.42 Å². The second-order valence-electron chi connectivity index (χ2n) is 4.70. The van der Waals surface area contributed by atoms with Crippen molar-refractivity contribution in [3.8, 4) is 11.4 Å². The Morgan fingerprint density at radius 2 is 2.05 bits per heavy atom. The van der Waals surface area contributed by atoms with E-state index in [9.17, 15) is 9.90 Å². The minimum Gasteiger partial charge on any atom is -0.478 e. The van der Waals surface area contributed by atoms with E-state index >= 15 is 0 Å². The maximum atomic E-state index is 10.8. The molecule has 2 heterocycles. The monoisotopic (exact) mass is 258 g/mol. The van der Waals surface area contributed by atoms with Crippen LogP contribution in [0.5, 0.6) is 0 Å². The van der Waals surface area contributed by atoms with E-state index < -0.39 is 12.2 Å². The molecule has 0 spiro atoms. The SMILES string of the molecule is O=C(O)c1ccc(-c2ncc3n2C(O)CCC3)cc1. The van der Waals surface area contributed by atoms with Gasteiger partial charge in [0.15, 0.2) is 0 Å². The molecule has 0 fully saturated rings. The van der Waals surface area contributed by atoms with Gasteiger partial charge in [-0.3, -0.25) is 0 Å². The van der Waals surface area contributed by atoms with Crippen molar-refractivity contribution >= 4 is 5.97 Å². The van der Waals surface area contributed by atoms with Gasteiger partial charge >= 0.3 is 5.97 Å². The fourth-order valence-corrected chi connectivity index (χ4v) is 2.48. The Labute approximate surface area is 110 Å². The number of carbonyl (C=O) groups is 1. The number of benzene rings is 1. The van der Waals surface area contributed by atoms with Gasteiger partial charge in [-0.05, 0) is 31.4 Å². The topological polar surface area (TPSA) is 75.3 Å². The van der Waals surface area contributed by atoms with Crippen LogP contribution in [0.25, 0.3) is 11.4 Å². The van der Waals surface area contributed by atoms with Crippen LogP contribution in [0.4, 0.5) is 0 Å². The molecule has 1 aliphatic heterocycles. The van der Waals surface area contributed by atoms with Gasteiger partial charge in [0.1, 0.15) is 12.1 Å². The summed E-state index contributed by atoms with van der Waals surface area (Å²) in [5.41, 5.74) is 2.09. The zero-order valence-electron chi connectivity index (χ0n) is 10.3. The third-order valence-electron chi connectivity index (χ3n) is 3.46. The van der Waals surface area contributed by atoms with Crippen LogP contribution in [0, 0.1) is 0 Å². The average molecular weight is 258 g/mol. The predicted octanol–water partition coefficient (Wildman–Crippen LogP) is 2.08. The number of nitrogens with zero attached hydrogens (tertiary/aromatic N) is 2. The van der Waals surface area contributed by atoms with E-state index in [1.54, 1.807) is 30.5 Å². The Morgan fingerprint density at radius 3 is 2.74 bits per heavy atom. The smallest absolute Gasteiger partial charge is 0.335 e. The minimum absolute atomic E-state index is 0.245. The molecule has 1 aliphatic rings. The van der Waals surface area contributed by atoms with Gasteiger partial charge in [-0.1, -0.05) is 12.1 Å². The van der Waals surface area contributed by atoms with Gasteiger partial charge < -0.3 is 14.8 Å². The lowest BCUT2D eigenvalue weighted by Crippen LogP contribution is -2.17. The van der Waals surface area contributed by atoms with E-state index in [1.807, 2.05) is 4.57 Å². The Morgan fingerprint density at radius 1 is 1.32 bits per heavy atom. The quantitative estimate of drug-likeness (QED) is 0.864. The lowest BCUT2D eigenvalue weighted by Gasteiger charge is -2.22. The summed E-state index contributed by atoms with van der Waals surface area (Å²) in [4.78, 5) is 15.2. The normalized spacial score (nSPS) is 18.1. The van der Waals surface area contributed by atoms with Crippen LogP contribution in [0.3, 0.4) is 0 Å². The zero-order valence-corrected chi connectivity index (χ0v) is 10.3. The maximum absolute atomic E-state index is 10.8. The van der Waals surface area contributed by atoms with E-state index in [-0.39, 0.29) is 5.56 Å². The van der Waals surface area contributed by atoms with Crippen LogP contribution in [0.2, 0.25) is 0 Å². The summed E-state index contributed by atoms with van der Waals surface area (Å²) in [6, 6.07) is 6.55. The third-order valence-corrected chi connectivity index (χ3v) is 3.46. The van der Waals surface area contributed by atoms with E-state index in [1.165, 1.54) is 0 Å². The zero-order chi connectivity index (χ0) is 13.4. The second-order valence-corrected chi connectivity index (χ2v) is 4.70. The Balaban J connectivity index is 2.03. The van der Waals surface area contributed by atoms with E-state index in [0.717, 1.165) is 30.5 Å². The van der Waals surface area contributed by atoms with Crippen molar-refractivity contribution in [2.75, 3.05) is 0 Å². The van der Waals surface area contributed by atoms with Crippen molar-refractivity contribution in [1.82, 2.24) is 9.55 Å². The van der Waals surface area contributed by atoms with E-state index in [2.05, 4.69) is 4.98 Å². The molecule has 3 rings (SSSR count). The number of aryl methyl sites for hydroxylation is 1. The highest BCUT2D eigenvalue weighted by atomic mass is 16.4. The largest absolute Gasteiger partial charge is 0.478 e. The number of aromatic nitrogens is 2. The number of imidazole rings is 1. The van der Waals surface area contributed by atoms with Crippen molar-refractivity contribution in [2.24, 2.45) is 0 Å². The number of rotatable bonds is 2. The molecule has 19 heavy (non-hydrogen) atoms. The number of carboxylic acid groups (broad SMARTS) is 1. The lowest BCUT2D eigenvalue weighted by molar-refractivity contribution is 0.0696. The molecule has 1 aromatic heterocycles. The lowest BCUT2D eigenvalue weighted by atomic mass is 10.1. The molecule has 1 atom stereocenters. The summed E-state index contributed by atoms with van der Waals surface area (Å²) in [6.07, 6.45) is 3.84. The molecule has 0 bridgehead atoms. The van der Waals surface area contributed by atoms with Crippen LogP contribution in [0.15, 0.2) is 30.5 Å². The molecule has 0 radical (unpaired) electrons. The first-order valence-corrected chi connectivity index (χ1v) is 6.24. The summed E-state index contributed by atoms with van der Waals surface area (Å²) >= 11 is 0. The van der Waals surface area contributed by atoms with Gasteiger partial charge in [0.2, 0.25) is 0 Å². The molecular weight excluding hydrogens is 244 g/mol. The van der Waals surface area contributed by atoms with Gasteiger partial charge in [-0.2, -0.15) is 0 Å². The highest BCUT2D eigenvalue weighted by molar-refractivity contribution is 5.88. The molecule has 5 heteroatoms. The maximum Gasteiger partial charge on any atom is 0.335 e. The number of carboxylic acids is 1. The van der Waals surface area contributed by atoms with Gasteiger partial charge in [0, 0.05) is 17.5 Å². The molecule has 1 unspecified atom stereocenters. The molecule has 2 aromatic rings. The van der Waals surface area contributed by atoms with Crippen molar-refractivity contribution in [2.45, 2.75) is 25.5 Å². The number of hydrogen-bond donors (Lipinski definition) is 2. The Bertz CT molecular complexity index is 616. The van der Waals surface area contributed by atoms with E-state index in [4.69, 9.17) is 5.11 Å². The molecule has 1 aromatic carbocycles. The first-order valence-electron chi connectivity index (χ1n) is 6.24. The van der Waals surface area contributed by atoms with Crippen LogP contribution >= 0.6 is 0 Å². The average Bonchev–Trinajstić information content (AvgIpc) is 2.84. The number of fused-ring (bicyclic) bond motifs is 1. The molecule has 0 saturated carbocycles. The Kier molecular flexibility index (Phi) is 2.83. The number of aromatic carboxylic acids is 1. The number of aliphatic hydroxyl groups excluding tert-OH is 1. The van der Waals surface area contributed by atoms with Gasteiger partial charge in [0.25, 0.3) is 0 Å². The summed E-state index contributed by atoms with van der Waals surface area (Å²) in [5.74, 6) is -0.254. The number of hydrogen-bond acceptors (Lipinski definition) is 3. The fraction of sp³-hybridized carbons (Fsp3) is 0.286. The first kappa shape index (κ1) is 11.9. The van der Waals surface area contributed by atoms with Crippen LogP contribution in [0.1, 0.15) is 35.1 Å². The molecule has 5 nitrogen and oxygen atoms in total. The molecule has 2 N–H and O–H groups in total. The molecule has 98 valence electrons. The molecule has 0 saturated heterocycles. The number of aliphatic hydroxyl groups is 1. The standard InChI is InChI=1S/C14H14N2O3/c17-12-3-1-2-11-8-15-13(16(11)12)9-4-6-10(7-5-9)14(18)19/h4-8,12,17H,1-3H2,(H,18,19). The predicted molar refractivity (Wildman–Crippen MR) is 68.8 cm³/mol. The summed E-state index contributed by atoms with van der Waals surface area (Å²) in [7, 11) is 0. The van der Waals surface area contributed by atoms with Crippen LogP contribution in [-0.4, -0.2) is 25.7 Å². The first-order chi connectivity index (χ1) is 9.16. The second kappa shape index (κ2) is 4.51. The summed E-state index contributed by atoms with van der Waals surface area (Å²) in [6.45, 7) is 0. The van der Waals surface area contributed by atoms with Crippen LogP contribution < -0.4 is 0 Å². The Hall–Kier alpha value is -2.14. The van der Waals surface area contributed by atoms with Crippen molar-refractivity contribution < 1.29 is 15.0 Å². The van der Waals surface area contributed by atoms with E-state index in [0.29, 0.717) is 5.82 Å². The molecule has 0 amide bonds. The summed E-state index contributed by atoms with van der Waals surface area (Å²) in [5, 5.41) is 18.9. The van der Waals surface area contributed by atoms with Gasteiger partial charge in [-0.15, -0.1) is 0 Å². The minimum atomic E-state index is -0.947. The highest BCUT2D eigenvalue weighted by Gasteiger charge is 2.21. The van der Waals surface area contributed by atoms with Crippen molar-refractivity contribution in [3.63, 3.8) is 0 Å². The van der Waals surface area contributed by atoms with Crippen molar-refractivity contribution in [3.05, 3.63) is 41.7 Å². The summed E-state index contributed by atoms with van der Waals surface area (Å²) < 4.78 is 1.83.